The van der Waals surface area contributed by atoms with Crippen molar-refractivity contribution in [3.8, 4) is 5.75 Å². The highest BCUT2D eigenvalue weighted by Gasteiger charge is 2.35. The predicted octanol–water partition coefficient (Wildman–Crippen LogP) is 4.79. The van der Waals surface area contributed by atoms with Crippen molar-refractivity contribution in [3.05, 3.63) is 76.8 Å². The monoisotopic (exact) mass is 533 g/mol. The lowest BCUT2D eigenvalue weighted by molar-refractivity contribution is -0.122. The zero-order valence-electron chi connectivity index (χ0n) is 18.5. The van der Waals surface area contributed by atoms with Crippen LogP contribution >= 0.6 is 23.2 Å². The summed E-state index contributed by atoms with van der Waals surface area (Å²) in [6.45, 7) is 0.247. The molecule has 3 aromatic carbocycles. The van der Waals surface area contributed by atoms with Gasteiger partial charge in [-0.05, 0) is 66.7 Å². The highest BCUT2D eigenvalue weighted by atomic mass is 35.5. The zero-order chi connectivity index (χ0) is 25.2. The SMILES string of the molecule is COc1ccc(N2CC(C(=O)Nc3ccc(S(=O)(=O)Nc4ccc(Cl)c(Cl)c4)cc3)CC2=O)cc1. The van der Waals surface area contributed by atoms with Crippen LogP contribution in [0.2, 0.25) is 10.0 Å². The molecule has 35 heavy (non-hydrogen) atoms. The molecule has 1 aliphatic heterocycles. The van der Waals surface area contributed by atoms with Crippen molar-refractivity contribution >= 4 is 62.1 Å². The third-order valence-electron chi connectivity index (χ3n) is 5.48. The number of anilines is 3. The molecule has 182 valence electrons. The van der Waals surface area contributed by atoms with Crippen LogP contribution in [0.5, 0.6) is 5.75 Å². The molecule has 1 saturated heterocycles. The highest BCUT2D eigenvalue weighted by Crippen LogP contribution is 2.29. The number of nitrogens with one attached hydrogen (secondary N) is 2. The molecule has 0 saturated carbocycles. The lowest BCUT2D eigenvalue weighted by Gasteiger charge is -2.17. The molecule has 8 nitrogen and oxygen atoms in total. The lowest BCUT2D eigenvalue weighted by atomic mass is 10.1. The first-order valence-corrected chi connectivity index (χ1v) is 12.7. The fourth-order valence-electron chi connectivity index (χ4n) is 3.63. The number of benzene rings is 3. The third kappa shape index (κ3) is 5.70. The molecule has 0 radical (unpaired) electrons. The second-order valence-electron chi connectivity index (χ2n) is 7.85. The maximum atomic E-state index is 12.8. The first kappa shape index (κ1) is 24.8. The molecule has 0 aromatic heterocycles. The number of carbonyl (C=O) groups is 2. The van der Waals surface area contributed by atoms with Crippen LogP contribution in [0.1, 0.15) is 6.42 Å². The maximum absolute atomic E-state index is 12.8. The smallest absolute Gasteiger partial charge is 0.261 e. The summed E-state index contributed by atoms with van der Waals surface area (Å²) in [5, 5.41) is 3.29. The van der Waals surface area contributed by atoms with E-state index < -0.39 is 15.9 Å². The molecule has 0 spiro atoms. The first-order valence-electron chi connectivity index (χ1n) is 10.5. The molecule has 11 heteroatoms. The van der Waals surface area contributed by atoms with Crippen LogP contribution in [0.25, 0.3) is 0 Å². The Labute approximate surface area is 212 Å². The molecule has 1 aliphatic rings. The summed E-state index contributed by atoms with van der Waals surface area (Å²) in [4.78, 5) is 26.8. The Morgan fingerprint density at radius 2 is 1.63 bits per heavy atom. The van der Waals surface area contributed by atoms with Gasteiger partial charge >= 0.3 is 0 Å². The van der Waals surface area contributed by atoms with E-state index in [1.165, 1.54) is 42.5 Å². The van der Waals surface area contributed by atoms with Crippen LogP contribution in [-0.2, 0) is 19.6 Å². The second kappa shape index (κ2) is 10.2. The van der Waals surface area contributed by atoms with E-state index in [0.29, 0.717) is 22.1 Å². The normalized spacial score (nSPS) is 15.7. The molecule has 1 unspecified atom stereocenters. The number of hydrogen-bond acceptors (Lipinski definition) is 5. The predicted molar refractivity (Wildman–Crippen MR) is 136 cm³/mol. The summed E-state index contributed by atoms with van der Waals surface area (Å²) in [6.07, 6.45) is 0.0812. The standard InChI is InChI=1S/C24H21Cl2N3O5S/c1-34-19-7-5-18(6-8-19)29-14-15(12-23(29)30)24(31)27-16-2-9-20(10-3-16)35(32,33)28-17-4-11-21(25)22(26)13-17/h2-11,13,15,28H,12,14H2,1H3,(H,27,31). The average molecular weight is 534 g/mol. The Hall–Kier alpha value is -3.27. The molecule has 0 aliphatic carbocycles. The summed E-state index contributed by atoms with van der Waals surface area (Å²) in [5.74, 6) is -0.333. The van der Waals surface area contributed by atoms with Gasteiger partial charge in [0.2, 0.25) is 11.8 Å². The van der Waals surface area contributed by atoms with E-state index in [9.17, 15) is 18.0 Å². The zero-order valence-corrected chi connectivity index (χ0v) is 20.8. The van der Waals surface area contributed by atoms with Crippen LogP contribution in [0.3, 0.4) is 0 Å². The Bertz CT molecular complexity index is 1360. The van der Waals surface area contributed by atoms with Gasteiger partial charge in [0.05, 0.1) is 33.7 Å². The third-order valence-corrected chi connectivity index (χ3v) is 7.62. The van der Waals surface area contributed by atoms with Crippen molar-refractivity contribution in [1.29, 1.82) is 0 Å². The van der Waals surface area contributed by atoms with E-state index in [4.69, 9.17) is 27.9 Å². The fraction of sp³-hybridized carbons (Fsp3) is 0.167. The number of halogens is 2. The fourth-order valence-corrected chi connectivity index (χ4v) is 4.98. The van der Waals surface area contributed by atoms with Gasteiger partial charge < -0.3 is 15.0 Å². The number of sulfonamides is 1. The van der Waals surface area contributed by atoms with E-state index in [1.807, 2.05) is 0 Å². The molecular weight excluding hydrogens is 513 g/mol. The Morgan fingerprint density at radius 3 is 2.26 bits per heavy atom. The number of rotatable bonds is 7. The number of amides is 2. The molecule has 2 amide bonds. The average Bonchev–Trinajstić information content (AvgIpc) is 3.23. The number of ether oxygens (including phenoxy) is 1. The minimum atomic E-state index is -3.88. The van der Waals surface area contributed by atoms with Gasteiger partial charge in [0.1, 0.15) is 5.75 Å². The van der Waals surface area contributed by atoms with Gasteiger partial charge in [-0.1, -0.05) is 23.2 Å². The van der Waals surface area contributed by atoms with Gasteiger partial charge in [0, 0.05) is 24.3 Å². The number of nitrogens with zero attached hydrogens (tertiary/aromatic N) is 1. The molecule has 1 heterocycles. The molecule has 2 N–H and O–H groups in total. The van der Waals surface area contributed by atoms with Crippen LogP contribution in [0.15, 0.2) is 71.6 Å². The second-order valence-corrected chi connectivity index (χ2v) is 10.3. The van der Waals surface area contributed by atoms with Crippen LogP contribution < -0.4 is 19.7 Å². The van der Waals surface area contributed by atoms with Gasteiger partial charge in [0.25, 0.3) is 10.0 Å². The van der Waals surface area contributed by atoms with Crippen LogP contribution in [0.4, 0.5) is 17.1 Å². The van der Waals surface area contributed by atoms with E-state index >= 15 is 0 Å². The summed E-state index contributed by atoms with van der Waals surface area (Å²) in [6, 6.07) is 17.2. The summed E-state index contributed by atoms with van der Waals surface area (Å²) in [7, 11) is -2.32. The van der Waals surface area contributed by atoms with Crippen molar-refractivity contribution < 1.29 is 22.7 Å². The Balaban J connectivity index is 1.39. The first-order chi connectivity index (χ1) is 16.7. The molecule has 4 rings (SSSR count). The largest absolute Gasteiger partial charge is 0.497 e. The minimum Gasteiger partial charge on any atom is -0.497 e. The highest BCUT2D eigenvalue weighted by molar-refractivity contribution is 7.92. The minimum absolute atomic E-state index is 0.00305. The molecule has 0 bridgehead atoms. The van der Waals surface area contributed by atoms with E-state index in [0.717, 1.165) is 0 Å². The van der Waals surface area contributed by atoms with Crippen molar-refractivity contribution in [2.75, 3.05) is 28.6 Å². The Kier molecular flexibility index (Phi) is 7.20. The maximum Gasteiger partial charge on any atom is 0.261 e. The Morgan fingerprint density at radius 1 is 0.971 bits per heavy atom. The molecule has 3 aromatic rings. The quantitative estimate of drug-likeness (QED) is 0.454. The van der Waals surface area contributed by atoms with Gasteiger partial charge in [-0.25, -0.2) is 8.42 Å². The van der Waals surface area contributed by atoms with Crippen molar-refractivity contribution in [1.82, 2.24) is 0 Å². The van der Waals surface area contributed by atoms with E-state index in [2.05, 4.69) is 10.0 Å². The summed E-state index contributed by atoms with van der Waals surface area (Å²) in [5.41, 5.74) is 1.37. The van der Waals surface area contributed by atoms with Crippen molar-refractivity contribution in [3.63, 3.8) is 0 Å². The molecule has 1 fully saturated rings. The summed E-state index contributed by atoms with van der Waals surface area (Å²) >= 11 is 11.8. The number of hydrogen-bond donors (Lipinski definition) is 2. The summed E-state index contributed by atoms with van der Waals surface area (Å²) < 4.78 is 32.9. The van der Waals surface area contributed by atoms with Crippen molar-refractivity contribution in [2.24, 2.45) is 5.92 Å². The number of methoxy groups -OCH3 is 1. The van der Waals surface area contributed by atoms with Gasteiger partial charge in [-0.15, -0.1) is 0 Å². The van der Waals surface area contributed by atoms with Crippen LogP contribution in [-0.4, -0.2) is 33.9 Å². The molecular formula is C24H21Cl2N3O5S. The molecule has 1 atom stereocenters. The number of carbonyl (C=O) groups excluding carboxylic acids is 2. The van der Waals surface area contributed by atoms with Gasteiger partial charge in [0.15, 0.2) is 0 Å². The topological polar surface area (TPSA) is 105 Å². The van der Waals surface area contributed by atoms with Gasteiger partial charge in [-0.2, -0.15) is 0 Å². The van der Waals surface area contributed by atoms with E-state index in [-0.39, 0.29) is 40.4 Å². The van der Waals surface area contributed by atoms with Crippen molar-refractivity contribution in [2.45, 2.75) is 11.3 Å². The van der Waals surface area contributed by atoms with Crippen LogP contribution in [0, 0.1) is 5.92 Å². The van der Waals surface area contributed by atoms with Gasteiger partial charge in [-0.3, -0.25) is 14.3 Å². The lowest BCUT2D eigenvalue weighted by Crippen LogP contribution is -2.28. The van der Waals surface area contributed by atoms with E-state index in [1.54, 1.807) is 36.3 Å².